The van der Waals surface area contributed by atoms with Gasteiger partial charge in [-0.15, -0.1) is 0 Å². The van der Waals surface area contributed by atoms with E-state index in [4.69, 9.17) is 13.9 Å². The van der Waals surface area contributed by atoms with E-state index in [2.05, 4.69) is 16.2 Å². The molecule has 0 bridgehead atoms. The molecule has 0 fully saturated rings. The van der Waals surface area contributed by atoms with Crippen LogP contribution in [-0.4, -0.2) is 31.4 Å². The lowest BCUT2D eigenvalue weighted by molar-refractivity contribution is 0.0846. The highest BCUT2D eigenvalue weighted by Crippen LogP contribution is 2.28. The molecular weight excluding hydrogens is 414 g/mol. The summed E-state index contributed by atoms with van der Waals surface area (Å²) < 4.78 is 15.7. The number of furan rings is 1. The van der Waals surface area contributed by atoms with Gasteiger partial charge in [-0.2, -0.15) is 0 Å². The molecule has 0 spiro atoms. The summed E-state index contributed by atoms with van der Waals surface area (Å²) in [7, 11) is 1.47. The van der Waals surface area contributed by atoms with E-state index in [1.807, 2.05) is 6.92 Å². The number of carbonyl (C=O) groups is 3. The highest BCUT2D eigenvalue weighted by molar-refractivity contribution is 6.04. The lowest BCUT2D eigenvalue weighted by atomic mass is 10.1. The Kier molecular flexibility index (Phi) is 7.12. The third-order valence-electron chi connectivity index (χ3n) is 4.51. The van der Waals surface area contributed by atoms with Gasteiger partial charge in [0.15, 0.2) is 17.3 Å². The van der Waals surface area contributed by atoms with Crippen molar-refractivity contribution in [2.24, 2.45) is 0 Å². The van der Waals surface area contributed by atoms with Crippen molar-refractivity contribution in [2.75, 3.05) is 19.0 Å². The van der Waals surface area contributed by atoms with Gasteiger partial charge in [-0.3, -0.25) is 25.2 Å². The lowest BCUT2D eigenvalue weighted by Crippen LogP contribution is -2.41. The number of ether oxygens (including phenoxy) is 2. The predicted molar refractivity (Wildman–Crippen MR) is 117 cm³/mol. The number of methoxy groups -OCH3 is 1. The first kappa shape index (κ1) is 22.4. The lowest BCUT2D eigenvalue weighted by Gasteiger charge is -2.12. The van der Waals surface area contributed by atoms with Crippen molar-refractivity contribution < 1.29 is 28.3 Å². The molecule has 9 nitrogen and oxygen atoms in total. The largest absolute Gasteiger partial charge is 0.493 e. The number of amides is 3. The molecule has 0 atom stereocenters. The molecule has 9 heteroatoms. The third-order valence-corrected chi connectivity index (χ3v) is 4.51. The smallest absolute Gasteiger partial charge is 0.291 e. The molecule has 3 rings (SSSR count). The Hall–Kier alpha value is -4.27. The van der Waals surface area contributed by atoms with Crippen LogP contribution in [0, 0.1) is 6.92 Å². The Morgan fingerprint density at radius 3 is 2.22 bits per heavy atom. The highest BCUT2D eigenvalue weighted by Gasteiger charge is 2.15. The molecule has 32 heavy (non-hydrogen) atoms. The average molecular weight is 437 g/mol. The molecule has 0 saturated carbocycles. The molecule has 1 aromatic heterocycles. The van der Waals surface area contributed by atoms with Crippen LogP contribution in [0.1, 0.15) is 43.8 Å². The summed E-state index contributed by atoms with van der Waals surface area (Å²) in [6.45, 7) is 4.09. The van der Waals surface area contributed by atoms with Gasteiger partial charge in [-0.05, 0) is 61.9 Å². The van der Waals surface area contributed by atoms with Crippen LogP contribution in [0.25, 0.3) is 0 Å². The second kappa shape index (κ2) is 10.2. The zero-order valence-corrected chi connectivity index (χ0v) is 17.9. The van der Waals surface area contributed by atoms with Crippen LogP contribution in [0.4, 0.5) is 5.69 Å². The molecule has 166 valence electrons. The fourth-order valence-electron chi connectivity index (χ4n) is 2.83. The summed E-state index contributed by atoms with van der Waals surface area (Å²) in [5.41, 5.74) is 6.45. The Bertz CT molecular complexity index is 1120. The highest BCUT2D eigenvalue weighted by atomic mass is 16.5. The van der Waals surface area contributed by atoms with Gasteiger partial charge in [-0.1, -0.05) is 6.07 Å². The van der Waals surface area contributed by atoms with E-state index in [-0.39, 0.29) is 16.9 Å². The topological polar surface area (TPSA) is 119 Å². The maximum absolute atomic E-state index is 12.5. The molecule has 0 unspecified atom stereocenters. The minimum absolute atomic E-state index is 0.150. The number of hydrogen-bond acceptors (Lipinski definition) is 6. The van der Waals surface area contributed by atoms with Crippen molar-refractivity contribution >= 4 is 23.4 Å². The fraction of sp³-hybridized carbons (Fsp3) is 0.174. The summed E-state index contributed by atoms with van der Waals surface area (Å²) >= 11 is 0. The fourth-order valence-corrected chi connectivity index (χ4v) is 2.83. The molecule has 2 aromatic carbocycles. The standard InChI is InChI=1S/C23H23N3O6/c1-4-31-18-10-9-16(13-20(18)30-3)22(28)26-25-21(27)15-8-7-14(2)17(12-15)24-23(29)19-6-5-11-32-19/h5-13H,4H2,1-3H3,(H,24,29)(H,25,27)(H,26,28). The Morgan fingerprint density at radius 1 is 0.906 bits per heavy atom. The van der Waals surface area contributed by atoms with E-state index in [0.29, 0.717) is 23.8 Å². The van der Waals surface area contributed by atoms with Crippen molar-refractivity contribution in [3.05, 3.63) is 77.2 Å². The van der Waals surface area contributed by atoms with E-state index in [0.717, 1.165) is 5.56 Å². The van der Waals surface area contributed by atoms with E-state index in [9.17, 15) is 14.4 Å². The van der Waals surface area contributed by atoms with E-state index >= 15 is 0 Å². The summed E-state index contributed by atoms with van der Waals surface area (Å²) in [5, 5.41) is 2.70. The minimum atomic E-state index is -0.551. The number of anilines is 1. The number of aryl methyl sites for hydroxylation is 1. The van der Waals surface area contributed by atoms with Gasteiger partial charge in [-0.25, -0.2) is 0 Å². The van der Waals surface area contributed by atoms with Crippen LogP contribution >= 0.6 is 0 Å². The molecule has 0 radical (unpaired) electrons. The van der Waals surface area contributed by atoms with E-state index in [1.54, 1.807) is 37.3 Å². The van der Waals surface area contributed by atoms with Crippen molar-refractivity contribution in [1.82, 2.24) is 10.9 Å². The second-order valence-corrected chi connectivity index (χ2v) is 6.67. The van der Waals surface area contributed by atoms with Crippen molar-refractivity contribution in [1.29, 1.82) is 0 Å². The molecule has 3 aromatic rings. The van der Waals surface area contributed by atoms with Crippen LogP contribution < -0.4 is 25.6 Å². The minimum Gasteiger partial charge on any atom is -0.493 e. The molecule has 0 aliphatic rings. The Labute approximate surface area is 184 Å². The van der Waals surface area contributed by atoms with Gasteiger partial charge in [0.2, 0.25) is 0 Å². The van der Waals surface area contributed by atoms with Crippen molar-refractivity contribution in [3.63, 3.8) is 0 Å². The van der Waals surface area contributed by atoms with Gasteiger partial charge in [0.05, 0.1) is 20.0 Å². The molecule has 1 heterocycles. The van der Waals surface area contributed by atoms with E-state index < -0.39 is 17.7 Å². The number of carbonyl (C=O) groups excluding carboxylic acids is 3. The zero-order valence-electron chi connectivity index (χ0n) is 17.9. The van der Waals surface area contributed by atoms with Crippen molar-refractivity contribution in [3.8, 4) is 11.5 Å². The SMILES string of the molecule is CCOc1ccc(C(=O)NNC(=O)c2ccc(C)c(NC(=O)c3ccco3)c2)cc1OC. The average Bonchev–Trinajstić information content (AvgIpc) is 3.34. The normalized spacial score (nSPS) is 10.2. The van der Waals surface area contributed by atoms with Crippen LogP contribution in [0.2, 0.25) is 0 Å². The number of benzene rings is 2. The maximum atomic E-state index is 12.5. The molecule has 3 N–H and O–H groups in total. The van der Waals surface area contributed by atoms with Crippen LogP contribution in [0.5, 0.6) is 11.5 Å². The third kappa shape index (κ3) is 5.25. The summed E-state index contributed by atoms with van der Waals surface area (Å²) in [4.78, 5) is 37.2. The van der Waals surface area contributed by atoms with Crippen LogP contribution in [-0.2, 0) is 0 Å². The Morgan fingerprint density at radius 2 is 1.59 bits per heavy atom. The maximum Gasteiger partial charge on any atom is 0.291 e. The molecule has 0 aliphatic heterocycles. The molecule has 0 aliphatic carbocycles. The first-order valence-electron chi connectivity index (χ1n) is 9.80. The summed E-state index contributed by atoms with van der Waals surface area (Å²) in [6.07, 6.45) is 1.40. The van der Waals surface area contributed by atoms with E-state index in [1.165, 1.54) is 31.6 Å². The monoisotopic (exact) mass is 437 g/mol. The zero-order chi connectivity index (χ0) is 23.1. The predicted octanol–water partition coefficient (Wildman–Crippen LogP) is 3.32. The second-order valence-electron chi connectivity index (χ2n) is 6.67. The number of hydrogen-bond donors (Lipinski definition) is 3. The van der Waals surface area contributed by atoms with Crippen molar-refractivity contribution in [2.45, 2.75) is 13.8 Å². The van der Waals surface area contributed by atoms with Gasteiger partial charge in [0.25, 0.3) is 17.7 Å². The van der Waals surface area contributed by atoms with Gasteiger partial charge in [0.1, 0.15) is 0 Å². The van der Waals surface area contributed by atoms with Gasteiger partial charge >= 0.3 is 0 Å². The van der Waals surface area contributed by atoms with Crippen LogP contribution in [0.15, 0.2) is 59.2 Å². The quantitative estimate of drug-likeness (QED) is 0.488. The summed E-state index contributed by atoms with van der Waals surface area (Å²) in [6, 6.07) is 12.6. The first-order chi connectivity index (χ1) is 15.4. The van der Waals surface area contributed by atoms with Gasteiger partial charge in [0, 0.05) is 16.8 Å². The molecular formula is C23H23N3O6. The molecule has 3 amide bonds. The number of nitrogens with one attached hydrogen (secondary N) is 3. The Balaban J connectivity index is 1.66. The van der Waals surface area contributed by atoms with Crippen LogP contribution in [0.3, 0.4) is 0 Å². The molecule has 0 saturated heterocycles. The number of hydrazine groups is 1. The first-order valence-corrected chi connectivity index (χ1v) is 9.80. The summed E-state index contributed by atoms with van der Waals surface area (Å²) in [5.74, 6) is -0.450. The van der Waals surface area contributed by atoms with Gasteiger partial charge < -0.3 is 19.2 Å². The number of rotatable bonds is 7.